The van der Waals surface area contributed by atoms with Crippen molar-refractivity contribution in [2.45, 2.75) is 81.6 Å². The van der Waals surface area contributed by atoms with E-state index in [0.717, 1.165) is 30.8 Å². The van der Waals surface area contributed by atoms with Crippen molar-refractivity contribution < 1.29 is 19.1 Å². The molecule has 11 nitrogen and oxygen atoms in total. The summed E-state index contributed by atoms with van der Waals surface area (Å²) >= 11 is 6.41. The van der Waals surface area contributed by atoms with E-state index in [-0.39, 0.29) is 24.4 Å². The number of nitrogen functional groups attached to an aromatic ring is 1. The van der Waals surface area contributed by atoms with Gasteiger partial charge >= 0.3 is 12.1 Å². The van der Waals surface area contributed by atoms with Crippen LogP contribution in [0.5, 0.6) is 0 Å². The fraction of sp³-hybridized carbons (Fsp3) is 0.553. The van der Waals surface area contributed by atoms with Crippen molar-refractivity contribution in [3.63, 3.8) is 0 Å². The summed E-state index contributed by atoms with van der Waals surface area (Å²) in [4.78, 5) is 51.4. The lowest BCUT2D eigenvalue weighted by Gasteiger charge is -2.45. The number of anilines is 2. The summed E-state index contributed by atoms with van der Waals surface area (Å²) in [6.07, 6.45) is 11.2. The molecule has 3 atom stereocenters. The van der Waals surface area contributed by atoms with E-state index in [9.17, 15) is 14.4 Å². The highest BCUT2D eigenvalue weighted by Crippen LogP contribution is 2.36. The van der Waals surface area contributed by atoms with Crippen LogP contribution in [0.1, 0.15) is 55.2 Å². The van der Waals surface area contributed by atoms with E-state index >= 15 is 0 Å². The second-order valence-corrected chi connectivity index (χ2v) is 15.0. The van der Waals surface area contributed by atoms with Crippen LogP contribution >= 0.6 is 11.6 Å². The summed E-state index contributed by atoms with van der Waals surface area (Å²) in [7, 11) is 2.26. The smallest absolute Gasteiger partial charge is 0.410 e. The average molecular weight is 702 g/mol. The molecule has 5 aliphatic heterocycles. The molecule has 2 aromatic carbocycles. The second kappa shape index (κ2) is 14.7. The van der Waals surface area contributed by atoms with E-state index in [4.69, 9.17) is 28.5 Å². The highest BCUT2D eigenvalue weighted by Gasteiger charge is 2.42. The van der Waals surface area contributed by atoms with Crippen LogP contribution in [0.2, 0.25) is 5.02 Å². The summed E-state index contributed by atoms with van der Waals surface area (Å²) in [5, 5.41) is 3.35. The van der Waals surface area contributed by atoms with Gasteiger partial charge in [-0.15, -0.1) is 6.42 Å². The lowest BCUT2D eigenvalue weighted by molar-refractivity contribution is -0.143. The van der Waals surface area contributed by atoms with Gasteiger partial charge in [0.2, 0.25) is 0 Å². The molecule has 50 heavy (non-hydrogen) atoms. The number of rotatable bonds is 6. The minimum Gasteiger partial charge on any atom is -0.436 e. The van der Waals surface area contributed by atoms with E-state index in [1.165, 1.54) is 25.7 Å². The number of hydrogen-bond donors (Lipinski definition) is 2. The molecule has 0 aromatic heterocycles. The monoisotopic (exact) mass is 701 g/mol. The van der Waals surface area contributed by atoms with Gasteiger partial charge in [0.15, 0.2) is 6.10 Å². The van der Waals surface area contributed by atoms with Crippen LogP contribution in [0.3, 0.4) is 0 Å². The molecule has 2 unspecified atom stereocenters. The molecule has 12 heteroatoms. The maximum Gasteiger partial charge on any atom is 0.410 e. The summed E-state index contributed by atoms with van der Waals surface area (Å²) < 4.78 is 6.07. The number of amides is 4. The van der Waals surface area contributed by atoms with Crippen molar-refractivity contribution in [3.05, 3.63) is 58.1 Å². The normalized spacial score (nSPS) is 25.3. The largest absolute Gasteiger partial charge is 0.436 e. The molecule has 0 aliphatic carbocycles. The van der Waals surface area contributed by atoms with Gasteiger partial charge in [0, 0.05) is 87.7 Å². The average Bonchev–Trinajstić information content (AvgIpc) is 3.27. The van der Waals surface area contributed by atoms with Crippen LogP contribution in [0.4, 0.5) is 21.0 Å². The number of benzene rings is 2. The van der Waals surface area contributed by atoms with Gasteiger partial charge in [0.05, 0.1) is 10.7 Å². The first-order chi connectivity index (χ1) is 24.2. The molecule has 4 fully saturated rings. The molecule has 266 valence electrons. The molecule has 0 radical (unpaired) electrons. The molecule has 4 saturated heterocycles. The number of nitrogens with one attached hydrogen (secondary N) is 1. The maximum atomic E-state index is 14.1. The van der Waals surface area contributed by atoms with Crippen LogP contribution in [0.25, 0.3) is 0 Å². The number of nitrogens with zero attached hydrogens (tertiary/aromatic N) is 5. The summed E-state index contributed by atoms with van der Waals surface area (Å²) in [5.74, 6) is 2.35. The van der Waals surface area contributed by atoms with E-state index in [2.05, 4.69) is 28.1 Å². The SMILES string of the molecule is C#Cc1cc(C[C@@H](OC(=O)N2CCC(N3CCc4ccccc4NC3=O)CC2)C(=O)N2CCN(C3CC4CCC(C3)N4C)CC2)cc(Cl)c1N. The lowest BCUT2D eigenvalue weighted by atomic mass is 9.96. The Labute approximate surface area is 300 Å². The van der Waals surface area contributed by atoms with Crippen LogP contribution < -0.4 is 11.1 Å². The number of urea groups is 1. The van der Waals surface area contributed by atoms with Gasteiger partial charge in [-0.25, -0.2) is 9.59 Å². The highest BCUT2D eigenvalue weighted by atomic mass is 35.5. The Morgan fingerprint density at radius 3 is 2.36 bits per heavy atom. The third-order valence-corrected chi connectivity index (χ3v) is 12.1. The van der Waals surface area contributed by atoms with Gasteiger partial charge in [-0.1, -0.05) is 35.7 Å². The Morgan fingerprint density at radius 2 is 1.66 bits per heavy atom. The van der Waals surface area contributed by atoms with Crippen LogP contribution in [0, 0.1) is 12.3 Å². The first-order valence-electron chi connectivity index (χ1n) is 18.1. The van der Waals surface area contributed by atoms with Crippen LogP contribution in [0.15, 0.2) is 36.4 Å². The van der Waals surface area contributed by atoms with Crippen molar-refractivity contribution in [1.29, 1.82) is 0 Å². The molecule has 2 bridgehead atoms. The van der Waals surface area contributed by atoms with Gasteiger partial charge in [-0.3, -0.25) is 9.69 Å². The predicted octanol–water partition coefficient (Wildman–Crippen LogP) is 4.28. The number of hydrogen-bond acceptors (Lipinski definition) is 7. The van der Waals surface area contributed by atoms with Crippen molar-refractivity contribution in [2.75, 3.05) is 63.9 Å². The first-order valence-corrected chi connectivity index (χ1v) is 18.5. The number of carbonyl (C=O) groups excluding carboxylic acids is 3. The zero-order valence-corrected chi connectivity index (χ0v) is 29.6. The summed E-state index contributed by atoms with van der Waals surface area (Å²) in [6, 6.07) is 13.1. The minimum absolute atomic E-state index is 0.000877. The number of ether oxygens (including phenoxy) is 1. The number of halogens is 1. The Bertz CT molecular complexity index is 1630. The Hall–Kier alpha value is -3.98. The van der Waals surface area contributed by atoms with Gasteiger partial charge < -0.3 is 35.4 Å². The fourth-order valence-corrected chi connectivity index (χ4v) is 9.03. The molecule has 0 spiro atoms. The standard InChI is InChI=1S/C38H48ClN7O4/c1-3-26-20-25(21-32(39)35(26)40)22-34(36(47)44-18-16-43(17-19-44)31-23-29-8-9-30(24-31)42(29)2)50-38(49)45-13-11-28(12-14-45)46-15-10-27-6-4-5-7-33(27)41-37(46)48/h1,4-7,20-21,28-31,34H,8-19,22-24,40H2,2H3,(H,41,48)/t29?,30?,31?,34-/m1/s1. The van der Waals surface area contributed by atoms with Gasteiger partial charge in [0.1, 0.15) is 0 Å². The molecule has 2 aromatic rings. The number of piperazine rings is 1. The number of para-hydroxylation sites is 1. The number of fused-ring (bicyclic) bond motifs is 3. The van der Waals surface area contributed by atoms with Crippen LogP contribution in [-0.4, -0.2) is 126 Å². The Balaban J connectivity index is 0.993. The lowest BCUT2D eigenvalue weighted by Crippen LogP contribution is -2.57. The number of terminal acetylenes is 1. The molecule has 0 saturated carbocycles. The molecular weight excluding hydrogens is 654 g/mol. The quantitative estimate of drug-likeness (QED) is 0.342. The zero-order chi connectivity index (χ0) is 34.9. The minimum atomic E-state index is -1.05. The summed E-state index contributed by atoms with van der Waals surface area (Å²) in [6.45, 7) is 4.24. The molecule has 4 amide bonds. The van der Waals surface area contributed by atoms with Crippen molar-refractivity contribution in [1.82, 2.24) is 24.5 Å². The van der Waals surface area contributed by atoms with Crippen molar-refractivity contribution in [3.8, 4) is 12.3 Å². The van der Waals surface area contributed by atoms with Crippen molar-refractivity contribution >= 4 is 41.0 Å². The molecule has 7 rings (SSSR count). The number of piperidine rings is 2. The predicted molar refractivity (Wildman–Crippen MR) is 194 cm³/mol. The Morgan fingerprint density at radius 1 is 0.960 bits per heavy atom. The zero-order valence-electron chi connectivity index (χ0n) is 28.9. The third kappa shape index (κ3) is 7.11. The third-order valence-electron chi connectivity index (χ3n) is 11.8. The topological polar surface area (TPSA) is 115 Å². The van der Waals surface area contributed by atoms with E-state index < -0.39 is 12.2 Å². The number of nitrogens with two attached hydrogens (primary N) is 1. The molecule has 5 heterocycles. The first kappa shape index (κ1) is 34.5. The van der Waals surface area contributed by atoms with E-state index in [1.807, 2.05) is 34.1 Å². The van der Waals surface area contributed by atoms with Gasteiger partial charge in [-0.05, 0) is 81.3 Å². The fourth-order valence-electron chi connectivity index (χ4n) is 8.79. The van der Waals surface area contributed by atoms with Crippen LogP contribution in [-0.2, 0) is 22.4 Å². The Kier molecular flexibility index (Phi) is 10.1. The molecular formula is C38H48ClN7O4. The number of likely N-dealkylation sites (tertiary alicyclic amines) is 1. The maximum absolute atomic E-state index is 14.1. The van der Waals surface area contributed by atoms with Crippen molar-refractivity contribution in [2.24, 2.45) is 0 Å². The van der Waals surface area contributed by atoms with E-state index in [1.54, 1.807) is 17.0 Å². The highest BCUT2D eigenvalue weighted by molar-refractivity contribution is 6.33. The summed E-state index contributed by atoms with van der Waals surface area (Å²) in [5.41, 5.74) is 9.47. The molecule has 5 aliphatic rings. The van der Waals surface area contributed by atoms with Gasteiger partial charge in [0.25, 0.3) is 5.91 Å². The van der Waals surface area contributed by atoms with Gasteiger partial charge in [-0.2, -0.15) is 0 Å². The molecule has 3 N–H and O–H groups in total. The second-order valence-electron chi connectivity index (χ2n) is 14.5. The van der Waals surface area contributed by atoms with E-state index in [0.29, 0.717) is 85.5 Å². The number of carbonyl (C=O) groups is 3.